The molecule has 1 heterocycles. The van der Waals surface area contributed by atoms with Gasteiger partial charge in [0.25, 0.3) is 0 Å². The molecule has 1 aliphatic heterocycles. The number of rotatable bonds is 4. The molecule has 0 spiro atoms. The fourth-order valence-electron chi connectivity index (χ4n) is 2.47. The molecule has 3 N–H and O–H groups in total. The number of likely N-dealkylation sites (tertiary alicyclic amines) is 1. The molecular formula is C17H23NO7. The predicted octanol–water partition coefficient (Wildman–Crippen LogP) is 1.32. The predicted molar refractivity (Wildman–Crippen MR) is 88.0 cm³/mol. The number of para-hydroxylation sites is 1. The Labute approximate surface area is 145 Å². The largest absolute Gasteiger partial charge is 0.508 e. The molecule has 0 amide bonds. The van der Waals surface area contributed by atoms with E-state index in [1.807, 2.05) is 25.1 Å². The topological polar surface area (TPSA) is 124 Å². The number of phenols is 1. The molecule has 1 aliphatic rings. The van der Waals surface area contributed by atoms with Crippen LogP contribution >= 0.6 is 0 Å². The highest BCUT2D eigenvalue weighted by molar-refractivity contribution is 6.27. The quantitative estimate of drug-likeness (QED) is 0.547. The number of hydrogen-bond acceptors (Lipinski definition) is 6. The van der Waals surface area contributed by atoms with E-state index in [0.717, 1.165) is 38.0 Å². The van der Waals surface area contributed by atoms with E-state index >= 15 is 0 Å². The average Bonchev–Trinajstić information content (AvgIpc) is 2.58. The maximum atomic E-state index is 11.6. The molecule has 1 aromatic rings. The zero-order valence-electron chi connectivity index (χ0n) is 14.1. The molecule has 0 atom stereocenters. The van der Waals surface area contributed by atoms with Crippen molar-refractivity contribution in [2.45, 2.75) is 26.3 Å². The normalized spacial score (nSPS) is 14.9. The average molecular weight is 353 g/mol. The maximum Gasteiger partial charge on any atom is 0.414 e. The minimum Gasteiger partial charge on any atom is -0.508 e. The van der Waals surface area contributed by atoms with Crippen molar-refractivity contribution in [3.63, 3.8) is 0 Å². The monoisotopic (exact) mass is 353 g/mol. The van der Waals surface area contributed by atoms with Gasteiger partial charge in [-0.2, -0.15) is 0 Å². The molecule has 0 unspecified atom stereocenters. The number of ether oxygens (including phenoxy) is 1. The number of carbonyl (C=O) groups is 3. The van der Waals surface area contributed by atoms with Crippen LogP contribution in [0.15, 0.2) is 24.3 Å². The third-order valence-electron chi connectivity index (χ3n) is 3.78. The van der Waals surface area contributed by atoms with E-state index in [2.05, 4.69) is 4.90 Å². The molecule has 2 rings (SSSR count). The number of benzene rings is 1. The zero-order chi connectivity index (χ0) is 18.8. The molecular weight excluding hydrogens is 330 g/mol. The second-order valence-electron chi connectivity index (χ2n) is 5.54. The SMILES string of the molecule is CCOC(=O)C1CCN(Cc2ccccc2O)CC1.O=C(O)C(=O)O. The lowest BCUT2D eigenvalue weighted by molar-refractivity contribution is -0.159. The molecule has 25 heavy (non-hydrogen) atoms. The molecule has 138 valence electrons. The number of aliphatic carboxylic acids is 2. The second kappa shape index (κ2) is 10.3. The number of phenolic OH excluding ortho intramolecular Hbond substituents is 1. The third kappa shape index (κ3) is 7.21. The first kappa shape index (κ1) is 20.4. The summed E-state index contributed by atoms with van der Waals surface area (Å²) in [5.41, 5.74) is 0.942. The van der Waals surface area contributed by atoms with E-state index in [9.17, 15) is 9.90 Å². The molecule has 0 saturated carbocycles. The maximum absolute atomic E-state index is 11.6. The molecule has 8 heteroatoms. The van der Waals surface area contributed by atoms with Gasteiger partial charge in [-0.15, -0.1) is 0 Å². The van der Waals surface area contributed by atoms with Gasteiger partial charge in [0.2, 0.25) is 0 Å². The highest BCUT2D eigenvalue weighted by atomic mass is 16.5. The number of nitrogens with zero attached hydrogens (tertiary/aromatic N) is 1. The molecule has 0 bridgehead atoms. The number of piperidine rings is 1. The smallest absolute Gasteiger partial charge is 0.414 e. The highest BCUT2D eigenvalue weighted by Crippen LogP contribution is 2.23. The van der Waals surface area contributed by atoms with E-state index in [4.69, 9.17) is 24.5 Å². The summed E-state index contributed by atoms with van der Waals surface area (Å²) >= 11 is 0. The standard InChI is InChI=1S/C15H21NO3.C2H2O4/c1-2-19-15(18)12-7-9-16(10-8-12)11-13-5-3-4-6-14(13)17;3-1(4)2(5)6/h3-6,12,17H,2,7-11H2,1H3;(H,3,4)(H,5,6). The van der Waals surface area contributed by atoms with Crippen LogP contribution in [0.2, 0.25) is 0 Å². The summed E-state index contributed by atoms with van der Waals surface area (Å²) in [6.07, 6.45) is 1.68. The van der Waals surface area contributed by atoms with Gasteiger partial charge in [-0.25, -0.2) is 9.59 Å². The lowest BCUT2D eigenvalue weighted by Gasteiger charge is -2.30. The van der Waals surface area contributed by atoms with Crippen molar-refractivity contribution in [3.8, 4) is 5.75 Å². The van der Waals surface area contributed by atoms with Crippen LogP contribution in [0.1, 0.15) is 25.3 Å². The Morgan fingerprint density at radius 2 is 1.68 bits per heavy atom. The van der Waals surface area contributed by atoms with Crippen LogP contribution in [0.5, 0.6) is 5.75 Å². The Kier molecular flexibility index (Phi) is 8.42. The van der Waals surface area contributed by atoms with Crippen LogP contribution in [0, 0.1) is 5.92 Å². The Hall–Kier alpha value is -2.61. The first-order valence-electron chi connectivity index (χ1n) is 7.97. The summed E-state index contributed by atoms with van der Waals surface area (Å²) in [7, 11) is 0. The Morgan fingerprint density at radius 1 is 1.12 bits per heavy atom. The molecule has 0 radical (unpaired) electrons. The Bertz CT molecular complexity index is 582. The van der Waals surface area contributed by atoms with Crippen molar-refractivity contribution >= 4 is 17.9 Å². The first-order chi connectivity index (χ1) is 11.8. The van der Waals surface area contributed by atoms with Crippen LogP contribution < -0.4 is 0 Å². The molecule has 0 aliphatic carbocycles. The van der Waals surface area contributed by atoms with Crippen molar-refractivity contribution in [3.05, 3.63) is 29.8 Å². The molecule has 1 fully saturated rings. The van der Waals surface area contributed by atoms with Crippen molar-refractivity contribution < 1.29 is 34.4 Å². The molecule has 1 saturated heterocycles. The van der Waals surface area contributed by atoms with Crippen molar-refractivity contribution in [1.29, 1.82) is 0 Å². The summed E-state index contributed by atoms with van der Waals surface area (Å²) in [6, 6.07) is 7.40. The summed E-state index contributed by atoms with van der Waals surface area (Å²) in [5.74, 6) is -3.33. The number of aromatic hydroxyl groups is 1. The Morgan fingerprint density at radius 3 is 2.16 bits per heavy atom. The second-order valence-corrected chi connectivity index (χ2v) is 5.54. The van der Waals surface area contributed by atoms with Crippen LogP contribution in [-0.4, -0.2) is 57.8 Å². The summed E-state index contributed by atoms with van der Waals surface area (Å²) < 4.78 is 5.06. The van der Waals surface area contributed by atoms with Gasteiger partial charge in [0.1, 0.15) is 5.75 Å². The lowest BCUT2D eigenvalue weighted by Crippen LogP contribution is -2.36. The van der Waals surface area contributed by atoms with Crippen LogP contribution in [0.25, 0.3) is 0 Å². The fourth-order valence-corrected chi connectivity index (χ4v) is 2.47. The van der Waals surface area contributed by atoms with E-state index in [-0.39, 0.29) is 11.9 Å². The van der Waals surface area contributed by atoms with Gasteiger partial charge < -0.3 is 20.1 Å². The number of carboxylic acid groups (broad SMARTS) is 2. The van der Waals surface area contributed by atoms with E-state index in [1.54, 1.807) is 6.07 Å². The zero-order valence-corrected chi connectivity index (χ0v) is 14.1. The van der Waals surface area contributed by atoms with Crippen LogP contribution in [0.4, 0.5) is 0 Å². The third-order valence-corrected chi connectivity index (χ3v) is 3.78. The molecule has 8 nitrogen and oxygen atoms in total. The summed E-state index contributed by atoms with van der Waals surface area (Å²) in [5, 5.41) is 24.5. The summed E-state index contributed by atoms with van der Waals surface area (Å²) in [6.45, 7) is 4.78. The van der Waals surface area contributed by atoms with Crippen molar-refractivity contribution in [1.82, 2.24) is 4.90 Å². The van der Waals surface area contributed by atoms with Gasteiger partial charge >= 0.3 is 17.9 Å². The van der Waals surface area contributed by atoms with Gasteiger partial charge in [-0.1, -0.05) is 18.2 Å². The van der Waals surface area contributed by atoms with Gasteiger partial charge in [-0.3, -0.25) is 9.69 Å². The van der Waals surface area contributed by atoms with E-state index in [0.29, 0.717) is 12.4 Å². The molecule has 0 aromatic heterocycles. The Balaban J connectivity index is 0.000000450. The number of carboxylic acids is 2. The highest BCUT2D eigenvalue weighted by Gasteiger charge is 2.26. The minimum absolute atomic E-state index is 0.0422. The number of hydrogen-bond donors (Lipinski definition) is 3. The fraction of sp³-hybridized carbons (Fsp3) is 0.471. The van der Waals surface area contributed by atoms with Gasteiger partial charge in [0.05, 0.1) is 12.5 Å². The van der Waals surface area contributed by atoms with E-state index < -0.39 is 11.9 Å². The van der Waals surface area contributed by atoms with Crippen LogP contribution in [-0.2, 0) is 25.7 Å². The van der Waals surface area contributed by atoms with Crippen molar-refractivity contribution in [2.24, 2.45) is 5.92 Å². The minimum atomic E-state index is -1.82. The number of esters is 1. The van der Waals surface area contributed by atoms with E-state index in [1.165, 1.54) is 0 Å². The van der Waals surface area contributed by atoms with Gasteiger partial charge in [0, 0.05) is 12.1 Å². The lowest BCUT2D eigenvalue weighted by atomic mass is 9.96. The van der Waals surface area contributed by atoms with Crippen molar-refractivity contribution in [2.75, 3.05) is 19.7 Å². The van der Waals surface area contributed by atoms with Crippen LogP contribution in [0.3, 0.4) is 0 Å². The molecule has 1 aromatic carbocycles. The number of carbonyl (C=O) groups excluding carboxylic acids is 1. The first-order valence-corrected chi connectivity index (χ1v) is 7.97. The summed E-state index contributed by atoms with van der Waals surface area (Å²) in [4.78, 5) is 32.1. The van der Waals surface area contributed by atoms with Gasteiger partial charge in [0.15, 0.2) is 0 Å². The van der Waals surface area contributed by atoms with Gasteiger partial charge in [-0.05, 0) is 38.9 Å².